The first-order valence-corrected chi connectivity index (χ1v) is 8.92. The van der Waals surface area contributed by atoms with Crippen molar-refractivity contribution in [2.75, 3.05) is 29.7 Å². The summed E-state index contributed by atoms with van der Waals surface area (Å²) in [5.74, 6) is -0.225. The molecular weight excluding hydrogens is 314 g/mol. The van der Waals surface area contributed by atoms with Crippen molar-refractivity contribution >= 4 is 29.3 Å². The lowest BCUT2D eigenvalue weighted by atomic mass is 10.0. The van der Waals surface area contributed by atoms with Gasteiger partial charge in [0.15, 0.2) is 0 Å². The predicted molar refractivity (Wildman–Crippen MR) is 94.1 cm³/mol. The van der Waals surface area contributed by atoms with Crippen LogP contribution in [0.3, 0.4) is 0 Å². The second kappa shape index (κ2) is 10.3. The van der Waals surface area contributed by atoms with Gasteiger partial charge in [0.2, 0.25) is 5.91 Å². The summed E-state index contributed by atoms with van der Waals surface area (Å²) >= 11 is 1.34. The number of thioether (sulfide) groups is 1. The average molecular weight is 339 g/mol. The average Bonchev–Trinajstić information content (AvgIpc) is 2.52. The number of carbonyl (C=O) groups is 2. The fraction of sp³-hybridized carbons (Fsp3) is 0.529. The molecule has 1 rings (SSSR count). The summed E-state index contributed by atoms with van der Waals surface area (Å²) < 4.78 is 5.47. The molecule has 128 valence electrons. The molecule has 0 fully saturated rings. The summed E-state index contributed by atoms with van der Waals surface area (Å²) in [6.07, 6.45) is 0.896. The van der Waals surface area contributed by atoms with Crippen LogP contribution in [0.15, 0.2) is 18.2 Å². The minimum absolute atomic E-state index is 0.0576. The molecule has 0 atom stereocenters. The number of carboxylic acids is 1. The first-order chi connectivity index (χ1) is 11.0. The van der Waals surface area contributed by atoms with Crippen LogP contribution in [-0.4, -0.2) is 41.8 Å². The summed E-state index contributed by atoms with van der Waals surface area (Å²) in [6.45, 7) is 6.68. The third-order valence-electron chi connectivity index (χ3n) is 3.38. The zero-order chi connectivity index (χ0) is 17.2. The Kier molecular flexibility index (Phi) is 8.73. The molecule has 0 saturated carbocycles. The molecule has 0 radical (unpaired) electrons. The van der Waals surface area contributed by atoms with Gasteiger partial charge in [0.25, 0.3) is 0 Å². The SMILES string of the molecule is CCOCN(C(=O)CSCCC(=O)O)c1c(C)cccc1CC. The summed E-state index contributed by atoms with van der Waals surface area (Å²) in [6, 6.07) is 5.99. The van der Waals surface area contributed by atoms with Crippen LogP contribution in [0.2, 0.25) is 0 Å². The topological polar surface area (TPSA) is 66.8 Å². The van der Waals surface area contributed by atoms with Crippen LogP contribution in [0, 0.1) is 6.92 Å². The normalized spacial score (nSPS) is 10.6. The molecule has 0 aliphatic heterocycles. The number of anilines is 1. The van der Waals surface area contributed by atoms with E-state index in [0.717, 1.165) is 23.2 Å². The molecule has 1 aromatic rings. The number of nitrogens with zero attached hydrogens (tertiary/aromatic N) is 1. The number of aliphatic carboxylic acids is 1. The van der Waals surface area contributed by atoms with E-state index in [1.54, 1.807) is 4.90 Å². The van der Waals surface area contributed by atoms with Crippen molar-refractivity contribution < 1.29 is 19.4 Å². The first kappa shape index (κ1) is 19.5. The van der Waals surface area contributed by atoms with Crippen molar-refractivity contribution in [1.82, 2.24) is 0 Å². The highest BCUT2D eigenvalue weighted by atomic mass is 32.2. The lowest BCUT2D eigenvalue weighted by molar-refractivity contribution is -0.136. The summed E-state index contributed by atoms with van der Waals surface area (Å²) in [5, 5.41) is 8.66. The van der Waals surface area contributed by atoms with Gasteiger partial charge in [-0.05, 0) is 31.4 Å². The Hall–Kier alpha value is -1.53. The van der Waals surface area contributed by atoms with E-state index in [1.807, 2.05) is 32.0 Å². The zero-order valence-corrected chi connectivity index (χ0v) is 14.8. The van der Waals surface area contributed by atoms with E-state index >= 15 is 0 Å². The second-order valence-corrected chi connectivity index (χ2v) is 6.18. The Morgan fingerprint density at radius 3 is 2.65 bits per heavy atom. The fourth-order valence-corrected chi connectivity index (χ4v) is 3.03. The monoisotopic (exact) mass is 339 g/mol. The number of benzene rings is 1. The number of hydrogen-bond donors (Lipinski definition) is 1. The van der Waals surface area contributed by atoms with E-state index in [9.17, 15) is 9.59 Å². The van der Waals surface area contributed by atoms with E-state index in [2.05, 4.69) is 6.92 Å². The Morgan fingerprint density at radius 2 is 2.04 bits per heavy atom. The van der Waals surface area contributed by atoms with Crippen molar-refractivity contribution in [2.45, 2.75) is 33.6 Å². The van der Waals surface area contributed by atoms with Gasteiger partial charge in [0.1, 0.15) is 6.73 Å². The highest BCUT2D eigenvalue weighted by Gasteiger charge is 2.20. The molecular formula is C17H25NO4S. The van der Waals surface area contributed by atoms with E-state index in [1.165, 1.54) is 11.8 Å². The van der Waals surface area contributed by atoms with Crippen molar-refractivity contribution in [3.63, 3.8) is 0 Å². The molecule has 0 bridgehead atoms. The minimum atomic E-state index is -0.844. The second-order valence-electron chi connectivity index (χ2n) is 5.08. The van der Waals surface area contributed by atoms with Crippen LogP contribution < -0.4 is 4.90 Å². The third kappa shape index (κ3) is 6.23. The molecule has 5 nitrogen and oxygen atoms in total. The van der Waals surface area contributed by atoms with Crippen molar-refractivity contribution in [1.29, 1.82) is 0 Å². The predicted octanol–water partition coefficient (Wildman–Crippen LogP) is 3.09. The van der Waals surface area contributed by atoms with Crippen LogP contribution in [-0.2, 0) is 20.7 Å². The van der Waals surface area contributed by atoms with Crippen LogP contribution in [0.1, 0.15) is 31.4 Å². The number of rotatable bonds is 10. The smallest absolute Gasteiger partial charge is 0.304 e. The maximum Gasteiger partial charge on any atom is 0.304 e. The van der Waals surface area contributed by atoms with Crippen molar-refractivity contribution in [3.05, 3.63) is 29.3 Å². The molecule has 0 unspecified atom stereocenters. The molecule has 0 aliphatic carbocycles. The van der Waals surface area contributed by atoms with E-state index in [4.69, 9.17) is 9.84 Å². The lowest BCUT2D eigenvalue weighted by Gasteiger charge is -2.26. The molecule has 6 heteroatoms. The number of ether oxygens (including phenoxy) is 1. The quantitative estimate of drug-likeness (QED) is 0.524. The van der Waals surface area contributed by atoms with Gasteiger partial charge in [-0.3, -0.25) is 14.5 Å². The van der Waals surface area contributed by atoms with Gasteiger partial charge >= 0.3 is 5.97 Å². The number of carbonyl (C=O) groups excluding carboxylic acids is 1. The number of carboxylic acid groups (broad SMARTS) is 1. The number of para-hydroxylation sites is 1. The van der Waals surface area contributed by atoms with Crippen molar-refractivity contribution in [2.24, 2.45) is 0 Å². The molecule has 0 aliphatic rings. The summed E-state index contributed by atoms with van der Waals surface area (Å²) in [7, 11) is 0. The number of amides is 1. The van der Waals surface area contributed by atoms with Crippen LogP contribution >= 0.6 is 11.8 Å². The Balaban J connectivity index is 2.87. The summed E-state index contributed by atoms with van der Waals surface area (Å²) in [4.78, 5) is 24.8. The van der Waals surface area contributed by atoms with Crippen LogP contribution in [0.25, 0.3) is 0 Å². The highest BCUT2D eigenvalue weighted by Crippen LogP contribution is 2.26. The van der Waals surface area contributed by atoms with Gasteiger partial charge in [-0.25, -0.2) is 0 Å². The van der Waals surface area contributed by atoms with E-state index < -0.39 is 5.97 Å². The molecule has 23 heavy (non-hydrogen) atoms. The molecule has 1 N–H and O–H groups in total. The standard InChI is InChI=1S/C17H25NO4S/c1-4-14-8-6-7-13(3)17(14)18(12-22-5-2)15(19)11-23-10-9-16(20)21/h6-8H,4-5,9-12H2,1-3H3,(H,20,21). The Bertz CT molecular complexity index is 533. The Morgan fingerprint density at radius 1 is 1.30 bits per heavy atom. The maximum atomic E-state index is 12.6. The first-order valence-electron chi connectivity index (χ1n) is 7.77. The molecule has 1 aromatic carbocycles. The number of aryl methyl sites for hydroxylation is 2. The van der Waals surface area contributed by atoms with Gasteiger partial charge in [-0.2, -0.15) is 11.8 Å². The highest BCUT2D eigenvalue weighted by molar-refractivity contribution is 7.99. The summed E-state index contributed by atoms with van der Waals surface area (Å²) in [5.41, 5.74) is 3.05. The molecule has 0 saturated heterocycles. The van der Waals surface area contributed by atoms with E-state index in [0.29, 0.717) is 12.4 Å². The Labute approximate surface area is 142 Å². The molecule has 0 aromatic heterocycles. The van der Waals surface area contributed by atoms with Crippen molar-refractivity contribution in [3.8, 4) is 0 Å². The molecule has 1 amide bonds. The fourth-order valence-electron chi connectivity index (χ4n) is 2.23. The largest absolute Gasteiger partial charge is 0.481 e. The number of hydrogen-bond acceptors (Lipinski definition) is 4. The van der Waals surface area contributed by atoms with Gasteiger partial charge < -0.3 is 9.84 Å². The zero-order valence-electron chi connectivity index (χ0n) is 14.0. The van der Waals surface area contributed by atoms with Gasteiger partial charge in [0.05, 0.1) is 17.9 Å². The van der Waals surface area contributed by atoms with Crippen LogP contribution in [0.5, 0.6) is 0 Å². The molecule has 0 spiro atoms. The third-order valence-corrected chi connectivity index (χ3v) is 4.33. The minimum Gasteiger partial charge on any atom is -0.481 e. The maximum absolute atomic E-state index is 12.6. The van der Waals surface area contributed by atoms with Gasteiger partial charge in [-0.1, -0.05) is 25.1 Å². The molecule has 0 heterocycles. The lowest BCUT2D eigenvalue weighted by Crippen LogP contribution is -2.36. The van der Waals surface area contributed by atoms with Crippen LogP contribution in [0.4, 0.5) is 5.69 Å². The van der Waals surface area contributed by atoms with E-state index in [-0.39, 0.29) is 24.8 Å². The van der Waals surface area contributed by atoms with Gasteiger partial charge in [0, 0.05) is 12.4 Å². The van der Waals surface area contributed by atoms with Gasteiger partial charge in [-0.15, -0.1) is 0 Å².